The van der Waals surface area contributed by atoms with E-state index in [1.807, 2.05) is 55.5 Å². The van der Waals surface area contributed by atoms with E-state index in [1.165, 1.54) is 11.0 Å². The van der Waals surface area contributed by atoms with E-state index in [0.717, 1.165) is 5.56 Å². The van der Waals surface area contributed by atoms with Gasteiger partial charge in [0.15, 0.2) is 5.75 Å². The zero-order valence-electron chi connectivity index (χ0n) is 15.1. The van der Waals surface area contributed by atoms with E-state index in [0.29, 0.717) is 28.4 Å². The predicted octanol–water partition coefficient (Wildman–Crippen LogP) is 4.02. The van der Waals surface area contributed by atoms with Gasteiger partial charge in [-0.15, -0.1) is 5.10 Å². The number of amides is 1. The van der Waals surface area contributed by atoms with Gasteiger partial charge in [0.05, 0.1) is 11.4 Å². The number of hydrogen-bond donors (Lipinski definition) is 1. The number of carbonyl (C=O) groups is 1. The average Bonchev–Trinajstić information content (AvgIpc) is 3.26. The Morgan fingerprint density at radius 1 is 1.00 bits per heavy atom. The van der Waals surface area contributed by atoms with Gasteiger partial charge in [-0.2, -0.15) is 0 Å². The van der Waals surface area contributed by atoms with Gasteiger partial charge >= 0.3 is 0 Å². The smallest absolute Gasteiger partial charge is 0.255 e. The minimum Gasteiger partial charge on any atom is -0.455 e. The molecule has 1 amide bonds. The molecule has 4 rings (SSSR count). The first kappa shape index (κ1) is 17.4. The summed E-state index contributed by atoms with van der Waals surface area (Å²) in [5, 5.41) is 14.0. The van der Waals surface area contributed by atoms with Crippen LogP contribution in [0.3, 0.4) is 0 Å². The number of ether oxygens (including phenoxy) is 1. The van der Waals surface area contributed by atoms with Crippen molar-refractivity contribution in [2.24, 2.45) is 0 Å². The number of hydrogen-bond acceptors (Lipinski definition) is 5. The molecule has 0 unspecified atom stereocenters. The summed E-state index contributed by atoms with van der Waals surface area (Å²) in [5.41, 5.74) is 2.91. The Morgan fingerprint density at radius 2 is 1.82 bits per heavy atom. The van der Waals surface area contributed by atoms with Crippen molar-refractivity contribution in [1.29, 1.82) is 0 Å². The van der Waals surface area contributed by atoms with Gasteiger partial charge in [-0.25, -0.2) is 4.68 Å². The Labute approximate surface area is 161 Å². The largest absolute Gasteiger partial charge is 0.455 e. The molecular weight excluding hydrogens is 354 g/mol. The summed E-state index contributed by atoms with van der Waals surface area (Å²) in [6.07, 6.45) is 1.47. The zero-order valence-corrected chi connectivity index (χ0v) is 15.1. The summed E-state index contributed by atoms with van der Waals surface area (Å²) in [7, 11) is 0. The second-order valence-electron chi connectivity index (χ2n) is 6.17. The van der Waals surface area contributed by atoms with E-state index in [2.05, 4.69) is 20.8 Å². The van der Waals surface area contributed by atoms with E-state index in [-0.39, 0.29) is 5.91 Å². The van der Waals surface area contributed by atoms with Gasteiger partial charge in [-0.05, 0) is 59.8 Å². The Morgan fingerprint density at radius 3 is 2.61 bits per heavy atom. The van der Waals surface area contributed by atoms with Crippen LogP contribution in [0.15, 0.2) is 79.1 Å². The lowest BCUT2D eigenvalue weighted by Gasteiger charge is -2.13. The number of benzene rings is 3. The summed E-state index contributed by atoms with van der Waals surface area (Å²) in [5.74, 6) is 1.01. The standard InChI is InChI=1S/C21H17N5O2/c1-15-9-11-18(12-10-15)28-20-8-3-2-7-19(20)23-21(27)16-5-4-6-17(13-16)26-14-22-24-25-26/h2-14H,1H3,(H,23,27). The molecule has 3 aromatic carbocycles. The van der Waals surface area contributed by atoms with Crippen LogP contribution in [0.1, 0.15) is 15.9 Å². The Balaban J connectivity index is 1.55. The molecule has 0 atom stereocenters. The molecule has 0 saturated heterocycles. The highest BCUT2D eigenvalue weighted by Crippen LogP contribution is 2.29. The summed E-state index contributed by atoms with van der Waals surface area (Å²) in [6, 6.07) is 22.1. The van der Waals surface area contributed by atoms with Crippen molar-refractivity contribution in [3.63, 3.8) is 0 Å². The number of anilines is 1. The molecular formula is C21H17N5O2. The molecule has 0 aliphatic carbocycles. The normalized spacial score (nSPS) is 10.5. The number of aromatic nitrogens is 4. The summed E-state index contributed by atoms with van der Waals surface area (Å²) in [6.45, 7) is 2.02. The lowest BCUT2D eigenvalue weighted by Crippen LogP contribution is -2.13. The van der Waals surface area contributed by atoms with Crippen molar-refractivity contribution < 1.29 is 9.53 Å². The molecule has 0 saturated carbocycles. The van der Waals surface area contributed by atoms with Gasteiger partial charge in [-0.1, -0.05) is 35.9 Å². The summed E-state index contributed by atoms with van der Waals surface area (Å²) >= 11 is 0. The van der Waals surface area contributed by atoms with Crippen molar-refractivity contribution in [2.45, 2.75) is 6.92 Å². The number of para-hydroxylation sites is 2. The van der Waals surface area contributed by atoms with E-state index in [1.54, 1.807) is 24.3 Å². The molecule has 0 bridgehead atoms. The SMILES string of the molecule is Cc1ccc(Oc2ccccc2NC(=O)c2cccc(-n3cnnn3)c2)cc1. The molecule has 0 aliphatic rings. The van der Waals surface area contributed by atoms with Crippen LogP contribution in [0.25, 0.3) is 5.69 Å². The van der Waals surface area contributed by atoms with Gasteiger partial charge in [0.25, 0.3) is 5.91 Å². The van der Waals surface area contributed by atoms with Crippen LogP contribution in [-0.4, -0.2) is 26.1 Å². The topological polar surface area (TPSA) is 81.9 Å². The second-order valence-corrected chi connectivity index (χ2v) is 6.17. The second kappa shape index (κ2) is 7.71. The average molecular weight is 371 g/mol. The lowest BCUT2D eigenvalue weighted by atomic mass is 10.2. The van der Waals surface area contributed by atoms with Crippen LogP contribution in [0, 0.1) is 6.92 Å². The van der Waals surface area contributed by atoms with Crippen molar-refractivity contribution >= 4 is 11.6 Å². The zero-order chi connectivity index (χ0) is 19.3. The van der Waals surface area contributed by atoms with Crippen LogP contribution < -0.4 is 10.1 Å². The van der Waals surface area contributed by atoms with Crippen LogP contribution in [-0.2, 0) is 0 Å². The fourth-order valence-corrected chi connectivity index (χ4v) is 2.66. The summed E-state index contributed by atoms with van der Waals surface area (Å²) in [4.78, 5) is 12.8. The van der Waals surface area contributed by atoms with E-state index < -0.39 is 0 Å². The lowest BCUT2D eigenvalue weighted by molar-refractivity contribution is 0.102. The monoisotopic (exact) mass is 371 g/mol. The number of aryl methyl sites for hydroxylation is 1. The third-order valence-corrected chi connectivity index (χ3v) is 4.11. The number of carbonyl (C=O) groups excluding carboxylic acids is 1. The third-order valence-electron chi connectivity index (χ3n) is 4.11. The van der Waals surface area contributed by atoms with Crippen LogP contribution in [0.5, 0.6) is 11.5 Å². The molecule has 0 radical (unpaired) electrons. The van der Waals surface area contributed by atoms with Gasteiger partial charge in [0, 0.05) is 5.56 Å². The first-order valence-electron chi connectivity index (χ1n) is 8.67. The van der Waals surface area contributed by atoms with Gasteiger partial charge in [0.2, 0.25) is 0 Å². The highest BCUT2D eigenvalue weighted by atomic mass is 16.5. The molecule has 0 fully saturated rings. The van der Waals surface area contributed by atoms with Gasteiger partial charge < -0.3 is 10.1 Å². The van der Waals surface area contributed by atoms with Crippen LogP contribution in [0.2, 0.25) is 0 Å². The minimum absolute atomic E-state index is 0.255. The minimum atomic E-state index is -0.255. The number of nitrogens with zero attached hydrogens (tertiary/aromatic N) is 4. The molecule has 7 nitrogen and oxygen atoms in total. The Hall–Kier alpha value is -4.00. The van der Waals surface area contributed by atoms with Crippen molar-refractivity contribution in [2.75, 3.05) is 5.32 Å². The van der Waals surface area contributed by atoms with E-state index >= 15 is 0 Å². The Bertz CT molecular complexity index is 1090. The molecule has 7 heteroatoms. The highest BCUT2D eigenvalue weighted by molar-refractivity contribution is 6.05. The molecule has 28 heavy (non-hydrogen) atoms. The van der Waals surface area contributed by atoms with Crippen LogP contribution >= 0.6 is 0 Å². The third kappa shape index (κ3) is 3.88. The number of nitrogens with one attached hydrogen (secondary N) is 1. The maximum absolute atomic E-state index is 12.8. The molecule has 1 heterocycles. The molecule has 1 N–H and O–H groups in total. The van der Waals surface area contributed by atoms with E-state index in [4.69, 9.17) is 4.74 Å². The molecule has 138 valence electrons. The maximum Gasteiger partial charge on any atom is 0.255 e. The maximum atomic E-state index is 12.8. The van der Waals surface area contributed by atoms with Crippen LogP contribution in [0.4, 0.5) is 5.69 Å². The first-order chi connectivity index (χ1) is 13.7. The molecule has 4 aromatic rings. The molecule has 0 spiro atoms. The predicted molar refractivity (Wildman–Crippen MR) is 105 cm³/mol. The molecule has 1 aromatic heterocycles. The van der Waals surface area contributed by atoms with Crippen molar-refractivity contribution in [1.82, 2.24) is 20.2 Å². The summed E-state index contributed by atoms with van der Waals surface area (Å²) < 4.78 is 7.43. The number of tetrazole rings is 1. The fraction of sp³-hybridized carbons (Fsp3) is 0.0476. The highest BCUT2D eigenvalue weighted by Gasteiger charge is 2.12. The number of rotatable bonds is 5. The molecule has 0 aliphatic heterocycles. The first-order valence-corrected chi connectivity index (χ1v) is 8.67. The Kier molecular flexibility index (Phi) is 4.79. The van der Waals surface area contributed by atoms with Gasteiger partial charge in [0.1, 0.15) is 12.1 Å². The van der Waals surface area contributed by atoms with Gasteiger partial charge in [-0.3, -0.25) is 4.79 Å². The van der Waals surface area contributed by atoms with Crippen molar-refractivity contribution in [3.8, 4) is 17.2 Å². The van der Waals surface area contributed by atoms with Crippen molar-refractivity contribution in [3.05, 3.63) is 90.3 Å². The van der Waals surface area contributed by atoms with E-state index in [9.17, 15) is 4.79 Å². The fourth-order valence-electron chi connectivity index (χ4n) is 2.66. The quantitative estimate of drug-likeness (QED) is 0.573.